The molecule has 0 aliphatic heterocycles. The average Bonchev–Trinajstić information content (AvgIpc) is 2.30. The minimum Gasteiger partial charge on any atom is -0.381 e. The fourth-order valence-corrected chi connectivity index (χ4v) is 2.03. The van der Waals surface area contributed by atoms with Crippen molar-refractivity contribution in [2.24, 2.45) is 0 Å². The van der Waals surface area contributed by atoms with Crippen molar-refractivity contribution in [2.45, 2.75) is 13.5 Å². The molecule has 2 aromatic carbocycles. The van der Waals surface area contributed by atoms with Crippen LogP contribution in [0.4, 0.5) is 10.1 Å². The van der Waals surface area contributed by atoms with Gasteiger partial charge in [0.05, 0.1) is 0 Å². The molecule has 2 rings (SSSR count). The Labute approximate surface area is 109 Å². The summed E-state index contributed by atoms with van der Waals surface area (Å²) < 4.78 is 14.5. The van der Waals surface area contributed by atoms with E-state index in [2.05, 4.69) is 21.2 Å². The monoisotopic (exact) mass is 293 g/mol. The summed E-state index contributed by atoms with van der Waals surface area (Å²) in [5.74, 6) is -0.168. The molecule has 3 heteroatoms. The molecule has 0 spiro atoms. The minimum atomic E-state index is -0.168. The van der Waals surface area contributed by atoms with Crippen LogP contribution >= 0.6 is 15.9 Å². The second kappa shape index (κ2) is 5.32. The summed E-state index contributed by atoms with van der Waals surface area (Å²) in [6.45, 7) is 2.45. The molecule has 1 nitrogen and oxygen atoms in total. The highest BCUT2D eigenvalue weighted by Crippen LogP contribution is 2.17. The largest absolute Gasteiger partial charge is 0.381 e. The summed E-state index contributed by atoms with van der Waals surface area (Å²) in [6.07, 6.45) is 0. The van der Waals surface area contributed by atoms with E-state index in [-0.39, 0.29) is 5.82 Å². The number of halogens is 2. The third-order valence-electron chi connectivity index (χ3n) is 2.51. The number of rotatable bonds is 3. The molecule has 0 heterocycles. The van der Waals surface area contributed by atoms with Crippen molar-refractivity contribution in [3.8, 4) is 0 Å². The van der Waals surface area contributed by atoms with Gasteiger partial charge in [-0.2, -0.15) is 0 Å². The van der Waals surface area contributed by atoms with Gasteiger partial charge in [-0.1, -0.05) is 39.7 Å². The van der Waals surface area contributed by atoms with Gasteiger partial charge in [-0.15, -0.1) is 0 Å². The van der Waals surface area contributed by atoms with Gasteiger partial charge in [0.1, 0.15) is 5.82 Å². The Bertz CT molecular complexity index is 525. The van der Waals surface area contributed by atoms with Crippen LogP contribution in [0.15, 0.2) is 46.9 Å². The first-order chi connectivity index (χ1) is 8.15. The van der Waals surface area contributed by atoms with E-state index in [0.29, 0.717) is 12.1 Å². The van der Waals surface area contributed by atoms with Crippen LogP contribution in [0, 0.1) is 12.7 Å². The maximum absolute atomic E-state index is 13.5. The fourth-order valence-electron chi connectivity index (χ4n) is 1.63. The van der Waals surface area contributed by atoms with E-state index in [1.807, 2.05) is 37.3 Å². The van der Waals surface area contributed by atoms with Crippen molar-refractivity contribution < 1.29 is 4.39 Å². The van der Waals surface area contributed by atoms with Gasteiger partial charge in [-0.05, 0) is 31.2 Å². The molecule has 0 amide bonds. The van der Waals surface area contributed by atoms with Crippen LogP contribution in [0.5, 0.6) is 0 Å². The van der Waals surface area contributed by atoms with Crippen LogP contribution in [0.25, 0.3) is 0 Å². The van der Waals surface area contributed by atoms with Gasteiger partial charge in [0.2, 0.25) is 0 Å². The maximum atomic E-state index is 13.5. The van der Waals surface area contributed by atoms with E-state index in [0.717, 1.165) is 15.7 Å². The molecule has 0 saturated carbocycles. The van der Waals surface area contributed by atoms with Gasteiger partial charge in [0, 0.05) is 22.3 Å². The van der Waals surface area contributed by atoms with Crippen molar-refractivity contribution in [3.63, 3.8) is 0 Å². The van der Waals surface area contributed by atoms with Gasteiger partial charge in [0.25, 0.3) is 0 Å². The van der Waals surface area contributed by atoms with E-state index in [1.54, 1.807) is 6.07 Å². The smallest absolute Gasteiger partial charge is 0.128 e. The van der Waals surface area contributed by atoms with Crippen molar-refractivity contribution in [1.82, 2.24) is 0 Å². The number of benzene rings is 2. The molecule has 0 aromatic heterocycles. The molecule has 2 aromatic rings. The lowest BCUT2D eigenvalue weighted by Crippen LogP contribution is -2.02. The molecule has 17 heavy (non-hydrogen) atoms. The van der Waals surface area contributed by atoms with Crippen LogP contribution in [0.1, 0.15) is 11.1 Å². The molecular formula is C14H13BrFN. The first kappa shape index (κ1) is 12.1. The average molecular weight is 294 g/mol. The van der Waals surface area contributed by atoms with Crippen LogP contribution in [0.3, 0.4) is 0 Å². The molecule has 0 aliphatic rings. The number of hydrogen-bond acceptors (Lipinski definition) is 1. The summed E-state index contributed by atoms with van der Waals surface area (Å²) in [5.41, 5.74) is 2.72. The Morgan fingerprint density at radius 3 is 2.76 bits per heavy atom. The molecule has 1 N–H and O–H groups in total. The van der Waals surface area contributed by atoms with Gasteiger partial charge in [-0.25, -0.2) is 4.39 Å². The predicted molar refractivity (Wildman–Crippen MR) is 72.6 cm³/mol. The summed E-state index contributed by atoms with van der Waals surface area (Å²) in [7, 11) is 0. The molecule has 0 fully saturated rings. The van der Waals surface area contributed by atoms with Crippen molar-refractivity contribution in [2.75, 3.05) is 5.32 Å². The summed E-state index contributed by atoms with van der Waals surface area (Å²) in [4.78, 5) is 0. The lowest BCUT2D eigenvalue weighted by atomic mass is 10.1. The lowest BCUT2D eigenvalue weighted by Gasteiger charge is -2.08. The van der Waals surface area contributed by atoms with Crippen molar-refractivity contribution in [1.29, 1.82) is 0 Å². The van der Waals surface area contributed by atoms with Crippen LogP contribution in [-0.4, -0.2) is 0 Å². The number of anilines is 1. The third-order valence-corrected chi connectivity index (χ3v) is 3.00. The number of nitrogens with one attached hydrogen (secondary N) is 1. The van der Waals surface area contributed by atoms with Crippen LogP contribution in [0.2, 0.25) is 0 Å². The Balaban J connectivity index is 2.09. The van der Waals surface area contributed by atoms with Crippen LogP contribution in [-0.2, 0) is 6.54 Å². The second-order valence-corrected chi connectivity index (χ2v) is 4.87. The maximum Gasteiger partial charge on any atom is 0.128 e. The zero-order chi connectivity index (χ0) is 12.3. The standard InChI is InChI=1S/C14H13BrFN/c1-10-5-6-14(16)11(7-10)9-17-13-4-2-3-12(15)8-13/h2-8,17H,9H2,1H3. The Morgan fingerprint density at radius 2 is 2.00 bits per heavy atom. The van der Waals surface area contributed by atoms with Crippen molar-refractivity contribution in [3.05, 3.63) is 63.9 Å². The highest BCUT2D eigenvalue weighted by Gasteiger charge is 2.02. The fraction of sp³-hybridized carbons (Fsp3) is 0.143. The van der Waals surface area contributed by atoms with E-state index >= 15 is 0 Å². The molecule has 0 unspecified atom stereocenters. The molecule has 0 atom stereocenters. The molecule has 0 radical (unpaired) electrons. The van der Waals surface area contributed by atoms with Gasteiger partial charge in [0.15, 0.2) is 0 Å². The van der Waals surface area contributed by atoms with Gasteiger partial charge >= 0.3 is 0 Å². The van der Waals surface area contributed by atoms with Gasteiger partial charge < -0.3 is 5.32 Å². The van der Waals surface area contributed by atoms with Gasteiger partial charge in [-0.3, -0.25) is 0 Å². The van der Waals surface area contributed by atoms with Crippen molar-refractivity contribution >= 4 is 21.6 Å². The normalized spacial score (nSPS) is 10.3. The number of hydrogen-bond donors (Lipinski definition) is 1. The van der Waals surface area contributed by atoms with Crippen LogP contribution < -0.4 is 5.32 Å². The Morgan fingerprint density at radius 1 is 1.18 bits per heavy atom. The Hall–Kier alpha value is -1.35. The highest BCUT2D eigenvalue weighted by molar-refractivity contribution is 9.10. The van der Waals surface area contributed by atoms with E-state index < -0.39 is 0 Å². The molecule has 0 saturated heterocycles. The Kier molecular flexibility index (Phi) is 3.79. The zero-order valence-corrected chi connectivity index (χ0v) is 11.1. The molecule has 88 valence electrons. The highest BCUT2D eigenvalue weighted by atomic mass is 79.9. The topological polar surface area (TPSA) is 12.0 Å². The number of aryl methyl sites for hydroxylation is 1. The summed E-state index contributed by atoms with van der Waals surface area (Å²) in [6, 6.07) is 13.0. The van der Waals surface area contributed by atoms with E-state index in [4.69, 9.17) is 0 Å². The first-order valence-electron chi connectivity index (χ1n) is 5.39. The molecule has 0 aliphatic carbocycles. The lowest BCUT2D eigenvalue weighted by molar-refractivity contribution is 0.612. The van der Waals surface area contributed by atoms with E-state index in [1.165, 1.54) is 6.07 Å². The minimum absolute atomic E-state index is 0.168. The molecular weight excluding hydrogens is 281 g/mol. The summed E-state index contributed by atoms with van der Waals surface area (Å²) in [5, 5.41) is 3.20. The second-order valence-electron chi connectivity index (χ2n) is 3.96. The third kappa shape index (κ3) is 3.30. The predicted octanol–water partition coefficient (Wildman–Crippen LogP) is 4.51. The first-order valence-corrected chi connectivity index (χ1v) is 6.19. The summed E-state index contributed by atoms with van der Waals surface area (Å²) >= 11 is 3.40. The zero-order valence-electron chi connectivity index (χ0n) is 9.50. The van der Waals surface area contributed by atoms with E-state index in [9.17, 15) is 4.39 Å². The SMILES string of the molecule is Cc1ccc(F)c(CNc2cccc(Br)c2)c1. The quantitative estimate of drug-likeness (QED) is 0.878. The molecule has 0 bridgehead atoms.